The molecule has 0 saturated heterocycles. The summed E-state index contributed by atoms with van der Waals surface area (Å²) in [7, 11) is 0. The summed E-state index contributed by atoms with van der Waals surface area (Å²) < 4.78 is 40.5. The largest absolute Gasteiger partial charge is 0.431 e. The summed E-state index contributed by atoms with van der Waals surface area (Å²) in [6.45, 7) is 1.73. The van der Waals surface area contributed by atoms with E-state index in [0.29, 0.717) is 16.1 Å². The number of H-pyrrole nitrogens is 1. The maximum absolute atomic E-state index is 13.2. The fourth-order valence-corrected chi connectivity index (χ4v) is 3.33. The number of halogens is 4. The van der Waals surface area contributed by atoms with Crippen LogP contribution in [0.1, 0.15) is 24.2 Å². The van der Waals surface area contributed by atoms with Crippen LogP contribution in [0.4, 0.5) is 19.1 Å². The average Bonchev–Trinajstić information content (AvgIpc) is 3.18. The second-order valence-electron chi connectivity index (χ2n) is 6.65. The van der Waals surface area contributed by atoms with Gasteiger partial charge in [-0.15, -0.1) is 0 Å². The van der Waals surface area contributed by atoms with Crippen molar-refractivity contribution in [3.63, 3.8) is 0 Å². The average molecular weight is 434 g/mol. The van der Waals surface area contributed by atoms with Crippen LogP contribution in [0, 0.1) is 0 Å². The van der Waals surface area contributed by atoms with Crippen molar-refractivity contribution in [1.82, 2.24) is 19.5 Å². The monoisotopic (exact) mass is 433 g/mol. The topological polar surface area (TPSA) is 75.6 Å². The van der Waals surface area contributed by atoms with Gasteiger partial charge in [0.05, 0.1) is 6.04 Å². The standard InChI is InChI=1S/C20H15ClF3N5O/c1-11(14-10-12-9-13(21)4-5-15(12)27-18(14)30)26-19-25-7-6-17(28-19)29-8-2-3-16(29)20(22,23)24/h2-11H,1H3,(H,27,30)(H,25,26,28). The second-order valence-corrected chi connectivity index (χ2v) is 7.09. The smallest absolute Gasteiger partial charge is 0.347 e. The number of rotatable bonds is 4. The minimum Gasteiger partial charge on any atom is -0.347 e. The second kappa shape index (κ2) is 7.49. The zero-order valence-corrected chi connectivity index (χ0v) is 16.3. The van der Waals surface area contributed by atoms with Gasteiger partial charge in [-0.3, -0.25) is 9.36 Å². The van der Waals surface area contributed by atoms with E-state index in [2.05, 4.69) is 20.3 Å². The molecule has 1 aromatic carbocycles. The highest BCUT2D eigenvalue weighted by Gasteiger charge is 2.34. The number of nitrogens with zero attached hydrogens (tertiary/aromatic N) is 3. The van der Waals surface area contributed by atoms with Crippen molar-refractivity contribution >= 4 is 28.5 Å². The van der Waals surface area contributed by atoms with Crippen molar-refractivity contribution in [3.8, 4) is 5.82 Å². The van der Waals surface area contributed by atoms with Gasteiger partial charge >= 0.3 is 6.18 Å². The van der Waals surface area contributed by atoms with Crippen LogP contribution >= 0.6 is 11.6 Å². The number of aromatic amines is 1. The molecule has 3 heterocycles. The van der Waals surface area contributed by atoms with Crippen molar-refractivity contribution in [3.05, 3.63) is 81.5 Å². The van der Waals surface area contributed by atoms with Crippen molar-refractivity contribution in [2.24, 2.45) is 0 Å². The molecule has 0 spiro atoms. The van der Waals surface area contributed by atoms with Crippen LogP contribution < -0.4 is 10.9 Å². The Morgan fingerprint density at radius 3 is 2.77 bits per heavy atom. The van der Waals surface area contributed by atoms with Crippen LogP contribution in [-0.4, -0.2) is 19.5 Å². The molecule has 0 saturated carbocycles. The van der Waals surface area contributed by atoms with Crippen LogP contribution in [0.2, 0.25) is 5.02 Å². The predicted octanol–water partition coefficient (Wildman–Crippen LogP) is 4.95. The lowest BCUT2D eigenvalue weighted by molar-refractivity contribution is -0.142. The van der Waals surface area contributed by atoms with E-state index in [4.69, 9.17) is 11.6 Å². The molecule has 1 atom stereocenters. The number of aromatic nitrogens is 4. The SMILES string of the molecule is CC(Nc1nccc(-n2cccc2C(F)(F)F)n1)c1cc2cc(Cl)ccc2[nH]c1=O. The molecule has 0 amide bonds. The summed E-state index contributed by atoms with van der Waals surface area (Å²) in [4.78, 5) is 23.5. The minimum absolute atomic E-state index is 0.0521. The van der Waals surface area contributed by atoms with Gasteiger partial charge in [0.1, 0.15) is 11.5 Å². The van der Waals surface area contributed by atoms with Gasteiger partial charge in [-0.25, -0.2) is 4.98 Å². The van der Waals surface area contributed by atoms with E-state index < -0.39 is 17.9 Å². The molecule has 10 heteroatoms. The third-order valence-corrected chi connectivity index (χ3v) is 4.81. The van der Waals surface area contributed by atoms with Gasteiger partial charge in [0, 0.05) is 33.9 Å². The first kappa shape index (κ1) is 20.0. The first-order chi connectivity index (χ1) is 14.2. The zero-order valence-electron chi connectivity index (χ0n) is 15.5. The number of pyridine rings is 1. The van der Waals surface area contributed by atoms with Crippen LogP contribution in [-0.2, 0) is 6.18 Å². The molecule has 154 valence electrons. The lowest BCUT2D eigenvalue weighted by Gasteiger charge is -2.16. The number of anilines is 1. The Hall–Kier alpha value is -3.33. The van der Waals surface area contributed by atoms with E-state index in [-0.39, 0.29) is 17.3 Å². The summed E-state index contributed by atoms with van der Waals surface area (Å²) in [5.41, 5.74) is -0.0876. The Morgan fingerprint density at radius 2 is 2.00 bits per heavy atom. The number of nitrogens with one attached hydrogen (secondary N) is 2. The maximum Gasteiger partial charge on any atom is 0.431 e. The fourth-order valence-electron chi connectivity index (χ4n) is 3.15. The Kier molecular flexibility index (Phi) is 4.98. The van der Waals surface area contributed by atoms with Crippen molar-refractivity contribution in [2.75, 3.05) is 5.32 Å². The maximum atomic E-state index is 13.2. The summed E-state index contributed by atoms with van der Waals surface area (Å²) in [5.74, 6) is 0.142. The van der Waals surface area contributed by atoms with E-state index in [9.17, 15) is 18.0 Å². The molecule has 0 aliphatic rings. The molecule has 0 bridgehead atoms. The van der Waals surface area contributed by atoms with Gasteiger partial charge in [-0.1, -0.05) is 11.6 Å². The Bertz CT molecular complexity index is 1280. The molecule has 0 aliphatic heterocycles. The Labute approximate surface area is 173 Å². The molecule has 30 heavy (non-hydrogen) atoms. The summed E-state index contributed by atoms with van der Waals surface area (Å²) >= 11 is 6.02. The molecule has 2 N–H and O–H groups in total. The number of hydrogen-bond donors (Lipinski definition) is 2. The Balaban J connectivity index is 1.65. The van der Waals surface area contributed by atoms with E-state index in [0.717, 1.165) is 16.0 Å². The van der Waals surface area contributed by atoms with Gasteiger partial charge in [0.15, 0.2) is 0 Å². The van der Waals surface area contributed by atoms with Gasteiger partial charge in [-0.05, 0) is 49.4 Å². The van der Waals surface area contributed by atoms with E-state index in [1.54, 1.807) is 31.2 Å². The van der Waals surface area contributed by atoms with Crippen molar-refractivity contribution in [2.45, 2.75) is 19.1 Å². The predicted molar refractivity (Wildman–Crippen MR) is 108 cm³/mol. The van der Waals surface area contributed by atoms with Gasteiger partial charge in [0.25, 0.3) is 5.56 Å². The Morgan fingerprint density at radius 1 is 1.20 bits per heavy atom. The van der Waals surface area contributed by atoms with Crippen LogP contribution in [0.25, 0.3) is 16.7 Å². The molecule has 4 rings (SSSR count). The third-order valence-electron chi connectivity index (χ3n) is 4.57. The summed E-state index contributed by atoms with van der Waals surface area (Å²) in [6, 6.07) is 9.94. The van der Waals surface area contributed by atoms with E-state index in [1.165, 1.54) is 24.5 Å². The third kappa shape index (κ3) is 3.88. The number of alkyl halides is 3. The normalized spacial score (nSPS) is 12.8. The first-order valence-electron chi connectivity index (χ1n) is 8.89. The lowest BCUT2D eigenvalue weighted by Crippen LogP contribution is -2.20. The van der Waals surface area contributed by atoms with Gasteiger partial charge in [0.2, 0.25) is 5.95 Å². The van der Waals surface area contributed by atoms with Crippen LogP contribution in [0.15, 0.2) is 59.7 Å². The molecular formula is C20H15ClF3N5O. The molecule has 1 unspecified atom stereocenters. The first-order valence-corrected chi connectivity index (χ1v) is 9.27. The van der Waals surface area contributed by atoms with Crippen LogP contribution in [0.5, 0.6) is 0 Å². The summed E-state index contributed by atoms with van der Waals surface area (Å²) in [5, 5.41) is 4.25. The highest BCUT2D eigenvalue weighted by molar-refractivity contribution is 6.31. The number of hydrogen-bond acceptors (Lipinski definition) is 4. The van der Waals surface area contributed by atoms with E-state index in [1.807, 2.05) is 0 Å². The highest BCUT2D eigenvalue weighted by Crippen LogP contribution is 2.31. The minimum atomic E-state index is -4.52. The highest BCUT2D eigenvalue weighted by atomic mass is 35.5. The molecule has 6 nitrogen and oxygen atoms in total. The number of fused-ring (bicyclic) bond motifs is 1. The van der Waals surface area contributed by atoms with Crippen LogP contribution in [0.3, 0.4) is 0 Å². The molecule has 0 radical (unpaired) electrons. The molecular weight excluding hydrogens is 419 g/mol. The summed E-state index contributed by atoms with van der Waals surface area (Å²) in [6.07, 6.45) is -1.90. The van der Waals surface area contributed by atoms with Gasteiger partial charge < -0.3 is 10.3 Å². The van der Waals surface area contributed by atoms with Crippen molar-refractivity contribution < 1.29 is 13.2 Å². The van der Waals surface area contributed by atoms with E-state index >= 15 is 0 Å². The fraction of sp³-hybridized carbons (Fsp3) is 0.150. The molecule has 4 aromatic rings. The molecule has 0 aliphatic carbocycles. The molecule has 0 fully saturated rings. The van der Waals surface area contributed by atoms with Crippen molar-refractivity contribution in [1.29, 1.82) is 0 Å². The zero-order chi connectivity index (χ0) is 21.5. The molecule has 3 aromatic heterocycles. The van der Waals surface area contributed by atoms with Gasteiger partial charge in [-0.2, -0.15) is 18.2 Å². The lowest BCUT2D eigenvalue weighted by atomic mass is 10.1. The number of benzene rings is 1. The quantitative estimate of drug-likeness (QED) is 0.477.